The van der Waals surface area contributed by atoms with Gasteiger partial charge in [-0.1, -0.05) is 23.7 Å². The number of aryl methyl sites for hydroxylation is 1. The topological polar surface area (TPSA) is 58.0 Å². The van der Waals surface area contributed by atoms with Gasteiger partial charge in [0.2, 0.25) is 5.13 Å². The number of rotatable bonds is 5. The van der Waals surface area contributed by atoms with Crippen LogP contribution in [0.1, 0.15) is 11.4 Å². The second kappa shape index (κ2) is 8.29. The summed E-state index contributed by atoms with van der Waals surface area (Å²) in [6.45, 7) is 6.96. The summed E-state index contributed by atoms with van der Waals surface area (Å²) >= 11 is 7.40. The lowest BCUT2D eigenvalue weighted by atomic mass is 10.1. The Morgan fingerprint density at radius 2 is 1.74 bits per heavy atom. The molecule has 0 radical (unpaired) electrons. The minimum Gasteiger partial charge on any atom is -0.344 e. The highest BCUT2D eigenvalue weighted by Crippen LogP contribution is 2.24. The number of aromatic nitrogens is 4. The summed E-state index contributed by atoms with van der Waals surface area (Å²) in [5, 5.41) is 1.77. The Labute approximate surface area is 168 Å². The third-order valence-electron chi connectivity index (χ3n) is 4.73. The molecule has 8 heteroatoms. The van der Waals surface area contributed by atoms with Gasteiger partial charge in [-0.15, -0.1) is 0 Å². The van der Waals surface area contributed by atoms with Gasteiger partial charge in [0.15, 0.2) is 5.82 Å². The van der Waals surface area contributed by atoms with E-state index in [2.05, 4.69) is 41.3 Å². The Bertz CT molecular complexity index is 872. The second-order valence-electron chi connectivity index (χ2n) is 6.62. The van der Waals surface area contributed by atoms with Crippen LogP contribution < -0.4 is 4.90 Å². The third kappa shape index (κ3) is 4.61. The molecule has 3 heterocycles. The highest BCUT2D eigenvalue weighted by molar-refractivity contribution is 7.09. The maximum atomic E-state index is 5.95. The molecule has 140 valence electrons. The first kappa shape index (κ1) is 18.3. The Kier molecular flexibility index (Phi) is 5.61. The monoisotopic (exact) mass is 400 g/mol. The van der Waals surface area contributed by atoms with Crippen molar-refractivity contribution in [2.24, 2.45) is 0 Å². The summed E-state index contributed by atoms with van der Waals surface area (Å²) in [6, 6.07) is 8.13. The molecular formula is C19H21ClN6S. The van der Waals surface area contributed by atoms with E-state index in [4.69, 9.17) is 11.6 Å². The summed E-state index contributed by atoms with van der Waals surface area (Å²) < 4.78 is 4.48. The minimum absolute atomic E-state index is 0.708. The van der Waals surface area contributed by atoms with Crippen LogP contribution in [-0.4, -0.2) is 56.9 Å². The molecule has 0 aliphatic carbocycles. The van der Waals surface area contributed by atoms with Crippen LogP contribution in [0, 0.1) is 6.92 Å². The van der Waals surface area contributed by atoms with E-state index < -0.39 is 0 Å². The van der Waals surface area contributed by atoms with Crippen molar-refractivity contribution < 1.29 is 0 Å². The third-order valence-corrected chi connectivity index (χ3v) is 5.76. The van der Waals surface area contributed by atoms with E-state index >= 15 is 0 Å². The average Bonchev–Trinajstić information content (AvgIpc) is 3.19. The van der Waals surface area contributed by atoms with E-state index in [-0.39, 0.29) is 0 Å². The molecule has 0 atom stereocenters. The number of anilines is 1. The first-order chi connectivity index (χ1) is 13.2. The van der Waals surface area contributed by atoms with Crippen LogP contribution in [0.4, 0.5) is 5.13 Å². The molecule has 3 aromatic rings. The van der Waals surface area contributed by atoms with Crippen LogP contribution in [0.5, 0.6) is 0 Å². The zero-order valence-electron chi connectivity index (χ0n) is 15.2. The molecule has 0 saturated carbocycles. The molecule has 1 aliphatic rings. The summed E-state index contributed by atoms with van der Waals surface area (Å²) in [5.41, 5.74) is 2.20. The Hall–Kier alpha value is -2.09. The normalized spacial score (nSPS) is 15.3. The largest absolute Gasteiger partial charge is 0.344 e. The zero-order valence-corrected chi connectivity index (χ0v) is 16.7. The molecule has 1 fully saturated rings. The van der Waals surface area contributed by atoms with E-state index in [1.165, 1.54) is 17.1 Å². The van der Waals surface area contributed by atoms with Gasteiger partial charge < -0.3 is 4.90 Å². The second-order valence-corrected chi connectivity index (χ2v) is 7.79. The summed E-state index contributed by atoms with van der Waals surface area (Å²) in [6.07, 6.45) is 4.61. The Morgan fingerprint density at radius 1 is 1.04 bits per heavy atom. The van der Waals surface area contributed by atoms with Crippen molar-refractivity contribution in [3.05, 3.63) is 53.1 Å². The lowest BCUT2D eigenvalue weighted by molar-refractivity contribution is 0.261. The SMILES string of the molecule is Cc1ncc(-c2nsc(N3CCN(CCc4ccc(Cl)cc4)CC3)n2)cn1. The smallest absolute Gasteiger partial charge is 0.205 e. The van der Waals surface area contributed by atoms with Gasteiger partial charge in [-0.25, -0.2) is 9.97 Å². The predicted octanol–water partition coefficient (Wildman–Crippen LogP) is 3.32. The van der Waals surface area contributed by atoms with Crippen molar-refractivity contribution in [2.75, 3.05) is 37.6 Å². The van der Waals surface area contributed by atoms with Gasteiger partial charge in [0.25, 0.3) is 0 Å². The average molecular weight is 401 g/mol. The Morgan fingerprint density at radius 3 is 2.44 bits per heavy atom. The highest BCUT2D eigenvalue weighted by atomic mass is 35.5. The molecule has 27 heavy (non-hydrogen) atoms. The number of benzene rings is 1. The van der Waals surface area contributed by atoms with E-state index in [0.717, 1.165) is 60.7 Å². The fourth-order valence-corrected chi connectivity index (χ4v) is 3.94. The molecule has 0 spiro atoms. The lowest BCUT2D eigenvalue weighted by Gasteiger charge is -2.34. The quantitative estimate of drug-likeness (QED) is 0.654. The molecule has 0 unspecified atom stereocenters. The van der Waals surface area contributed by atoms with E-state index in [1.807, 2.05) is 19.1 Å². The maximum absolute atomic E-state index is 5.95. The minimum atomic E-state index is 0.708. The molecule has 4 rings (SSSR count). The van der Waals surface area contributed by atoms with Gasteiger partial charge in [-0.3, -0.25) is 4.90 Å². The van der Waals surface area contributed by atoms with Gasteiger partial charge in [-0.2, -0.15) is 9.36 Å². The molecule has 2 aromatic heterocycles. The maximum Gasteiger partial charge on any atom is 0.205 e. The number of hydrogen-bond donors (Lipinski definition) is 0. The van der Waals surface area contributed by atoms with Gasteiger partial charge in [0.05, 0.1) is 5.56 Å². The highest BCUT2D eigenvalue weighted by Gasteiger charge is 2.20. The van der Waals surface area contributed by atoms with Crippen LogP contribution in [0.25, 0.3) is 11.4 Å². The van der Waals surface area contributed by atoms with E-state index in [9.17, 15) is 0 Å². The molecule has 0 amide bonds. The van der Waals surface area contributed by atoms with Crippen molar-refractivity contribution in [2.45, 2.75) is 13.3 Å². The first-order valence-corrected chi connectivity index (χ1v) is 10.2. The summed E-state index contributed by atoms with van der Waals surface area (Å²) in [4.78, 5) is 17.9. The van der Waals surface area contributed by atoms with Crippen molar-refractivity contribution in [3.8, 4) is 11.4 Å². The molecule has 6 nitrogen and oxygen atoms in total. The molecule has 1 saturated heterocycles. The standard InChI is InChI=1S/C19H21ClN6S/c1-14-21-12-16(13-22-14)18-23-19(27-24-18)26-10-8-25(9-11-26)7-6-15-2-4-17(20)5-3-15/h2-5,12-13H,6-11H2,1H3. The number of nitrogens with zero attached hydrogens (tertiary/aromatic N) is 6. The molecule has 1 aliphatic heterocycles. The fraction of sp³-hybridized carbons (Fsp3) is 0.368. The summed E-state index contributed by atoms with van der Waals surface area (Å²) in [7, 11) is 0. The molecule has 1 aromatic carbocycles. The van der Waals surface area contributed by atoms with Crippen molar-refractivity contribution >= 4 is 28.3 Å². The number of hydrogen-bond acceptors (Lipinski definition) is 7. The number of piperazine rings is 1. The van der Waals surface area contributed by atoms with Crippen molar-refractivity contribution in [1.29, 1.82) is 0 Å². The van der Waals surface area contributed by atoms with Crippen molar-refractivity contribution in [1.82, 2.24) is 24.2 Å². The van der Waals surface area contributed by atoms with Gasteiger partial charge in [-0.05, 0) is 31.0 Å². The Balaban J connectivity index is 1.30. The molecular weight excluding hydrogens is 380 g/mol. The number of halogens is 1. The van der Waals surface area contributed by atoms with Gasteiger partial charge >= 0.3 is 0 Å². The van der Waals surface area contributed by atoms with Crippen LogP contribution >= 0.6 is 23.1 Å². The lowest BCUT2D eigenvalue weighted by Crippen LogP contribution is -2.47. The van der Waals surface area contributed by atoms with Crippen LogP contribution in [0.15, 0.2) is 36.7 Å². The zero-order chi connectivity index (χ0) is 18.6. The van der Waals surface area contributed by atoms with Crippen LogP contribution in [0.2, 0.25) is 5.02 Å². The van der Waals surface area contributed by atoms with Gasteiger partial charge in [0.1, 0.15) is 5.82 Å². The van der Waals surface area contributed by atoms with Crippen LogP contribution in [0.3, 0.4) is 0 Å². The molecule has 0 bridgehead atoms. The fourth-order valence-electron chi connectivity index (χ4n) is 3.07. The predicted molar refractivity (Wildman–Crippen MR) is 109 cm³/mol. The summed E-state index contributed by atoms with van der Waals surface area (Å²) in [5.74, 6) is 1.46. The van der Waals surface area contributed by atoms with Crippen molar-refractivity contribution in [3.63, 3.8) is 0 Å². The van der Waals surface area contributed by atoms with Gasteiger partial charge in [0, 0.05) is 61.7 Å². The van der Waals surface area contributed by atoms with E-state index in [1.54, 1.807) is 12.4 Å². The molecule has 0 N–H and O–H groups in total. The van der Waals surface area contributed by atoms with Crippen LogP contribution in [-0.2, 0) is 6.42 Å². The first-order valence-electron chi connectivity index (χ1n) is 9.02. The van der Waals surface area contributed by atoms with E-state index in [0.29, 0.717) is 5.82 Å².